The minimum Gasteiger partial charge on any atom is -0.480 e. The Morgan fingerprint density at radius 2 is 1.51 bits per heavy atom. The van der Waals surface area contributed by atoms with Gasteiger partial charge in [-0.05, 0) is 89.6 Å². The van der Waals surface area contributed by atoms with Gasteiger partial charge in [0, 0.05) is 22.2 Å². The fourth-order valence-electron chi connectivity index (χ4n) is 6.38. The van der Waals surface area contributed by atoms with Crippen molar-refractivity contribution in [3.05, 3.63) is 132 Å². The van der Waals surface area contributed by atoms with Gasteiger partial charge in [0.25, 0.3) is 11.8 Å². The first-order chi connectivity index (χ1) is 25.4. The van der Waals surface area contributed by atoms with Crippen molar-refractivity contribution < 1.29 is 23.5 Å². The van der Waals surface area contributed by atoms with Crippen LogP contribution in [0.3, 0.4) is 0 Å². The average molecular weight is 714 g/mol. The van der Waals surface area contributed by atoms with Crippen LogP contribution in [0.25, 0.3) is 10.8 Å². The van der Waals surface area contributed by atoms with Crippen LogP contribution in [0.5, 0.6) is 11.5 Å². The van der Waals surface area contributed by atoms with E-state index < -0.39 is 23.9 Å². The normalized spacial score (nSPS) is 15.3. The zero-order valence-corrected chi connectivity index (χ0v) is 31.6. The van der Waals surface area contributed by atoms with Crippen molar-refractivity contribution in [3.8, 4) is 11.5 Å². The first kappa shape index (κ1) is 37.3. The lowest BCUT2D eigenvalue weighted by Crippen LogP contribution is -2.37. The maximum absolute atomic E-state index is 15.1. The molecule has 1 aliphatic heterocycles. The summed E-state index contributed by atoms with van der Waals surface area (Å²) in [6, 6.07) is 32.6. The number of carbonyl (C=O) groups excluding carboxylic acids is 2. The number of fused-ring (bicyclic) bond motifs is 1. The molecule has 0 aliphatic carbocycles. The Morgan fingerprint density at radius 1 is 0.830 bits per heavy atom. The number of hydrazone groups is 1. The Bertz CT molecular complexity index is 2150. The molecule has 274 valence electrons. The fraction of sp³-hybridized carbons (Fsp3) is 0.311. The number of nitrogens with one attached hydrogen (secondary N) is 1. The molecule has 53 heavy (non-hydrogen) atoms. The van der Waals surface area contributed by atoms with E-state index in [2.05, 4.69) is 64.1 Å². The molecule has 1 heterocycles. The molecule has 7 nitrogen and oxygen atoms in total. The monoisotopic (exact) mass is 713 g/mol. The molecule has 0 spiro atoms. The van der Waals surface area contributed by atoms with E-state index in [-0.39, 0.29) is 28.0 Å². The highest BCUT2D eigenvalue weighted by Crippen LogP contribution is 2.39. The maximum Gasteiger partial charge on any atom is 0.294 e. The second-order valence-corrected chi connectivity index (χ2v) is 14.8. The van der Waals surface area contributed by atoms with Gasteiger partial charge in [0.05, 0.1) is 5.69 Å². The largest absolute Gasteiger partial charge is 0.480 e. The van der Waals surface area contributed by atoms with Crippen LogP contribution in [0.15, 0.2) is 114 Å². The number of anilines is 2. The van der Waals surface area contributed by atoms with Crippen molar-refractivity contribution >= 4 is 39.7 Å². The summed E-state index contributed by atoms with van der Waals surface area (Å²) >= 11 is 0. The van der Waals surface area contributed by atoms with Crippen molar-refractivity contribution in [2.45, 2.75) is 90.8 Å². The fourth-order valence-corrected chi connectivity index (χ4v) is 6.38. The van der Waals surface area contributed by atoms with Crippen LogP contribution < -0.4 is 19.8 Å². The highest BCUT2D eigenvalue weighted by Gasteiger charge is 2.41. The van der Waals surface area contributed by atoms with Crippen LogP contribution in [-0.2, 0) is 20.4 Å². The summed E-state index contributed by atoms with van der Waals surface area (Å²) in [7, 11) is 0. The van der Waals surface area contributed by atoms with Crippen LogP contribution in [-0.4, -0.2) is 29.7 Å². The molecule has 8 heteroatoms. The number of hydrogen-bond donors (Lipinski definition) is 1. The Labute approximate surface area is 311 Å². The number of rotatable bonds is 13. The van der Waals surface area contributed by atoms with Gasteiger partial charge in [-0.1, -0.05) is 109 Å². The van der Waals surface area contributed by atoms with Gasteiger partial charge in [0.1, 0.15) is 23.0 Å². The van der Waals surface area contributed by atoms with E-state index >= 15 is 4.39 Å². The van der Waals surface area contributed by atoms with E-state index in [0.717, 1.165) is 29.2 Å². The second kappa shape index (κ2) is 15.2. The summed E-state index contributed by atoms with van der Waals surface area (Å²) in [6.07, 6.45) is 0.459. The number of hydrogen-bond acceptors (Lipinski definition) is 5. The van der Waals surface area contributed by atoms with E-state index in [1.165, 1.54) is 16.6 Å². The quantitative estimate of drug-likeness (QED) is 0.132. The van der Waals surface area contributed by atoms with Gasteiger partial charge in [-0.2, -0.15) is 10.1 Å². The number of halogens is 1. The molecule has 0 aromatic heterocycles. The van der Waals surface area contributed by atoms with Crippen molar-refractivity contribution in [1.82, 2.24) is 0 Å². The van der Waals surface area contributed by atoms with Crippen LogP contribution in [0.4, 0.5) is 15.8 Å². The zero-order chi connectivity index (χ0) is 37.9. The van der Waals surface area contributed by atoms with E-state index in [0.29, 0.717) is 29.3 Å². The van der Waals surface area contributed by atoms with Gasteiger partial charge in [0.15, 0.2) is 6.10 Å². The third kappa shape index (κ3) is 7.68. The van der Waals surface area contributed by atoms with Crippen molar-refractivity contribution in [1.29, 1.82) is 0 Å². The predicted octanol–water partition coefficient (Wildman–Crippen LogP) is 10.3. The van der Waals surface area contributed by atoms with Crippen molar-refractivity contribution in [2.24, 2.45) is 5.10 Å². The Balaban J connectivity index is 1.23. The number of amides is 2. The second-order valence-electron chi connectivity index (χ2n) is 14.8. The van der Waals surface area contributed by atoms with Gasteiger partial charge < -0.3 is 14.8 Å². The van der Waals surface area contributed by atoms with Crippen LogP contribution in [0.2, 0.25) is 0 Å². The summed E-state index contributed by atoms with van der Waals surface area (Å²) in [5, 5.41) is 10.6. The molecule has 5 aromatic rings. The standard InChI is InChI=1S/C45H48FN3O4/c1-8-37(52-39-27-22-30(44(4,5)9-2)28-35(39)45(6,7)10-3)42(50)47-31-23-25-32(26-24-31)49-43(51)41(40(48-49)34-19-13-14-20-36(34)46)53-38-21-15-17-29-16-11-12-18-33(29)38/h11-28,37,41H,8-10H2,1-7H3,(H,47,50). The SMILES string of the molecule is CCC(Oc1ccc(C(C)(C)CC)cc1C(C)(C)CC)C(=O)Nc1ccc(N2N=C(c3ccccc3F)C(Oc3cccc4ccccc34)C2=O)cc1. The summed E-state index contributed by atoms with van der Waals surface area (Å²) in [5.74, 6) is -0.0552. The number of nitrogens with zero attached hydrogens (tertiary/aromatic N) is 2. The third-order valence-electron chi connectivity index (χ3n) is 10.6. The van der Waals surface area contributed by atoms with Crippen molar-refractivity contribution in [3.63, 3.8) is 0 Å². The van der Waals surface area contributed by atoms with Crippen LogP contribution >= 0.6 is 0 Å². The highest BCUT2D eigenvalue weighted by molar-refractivity contribution is 6.24. The molecule has 0 radical (unpaired) electrons. The summed E-state index contributed by atoms with van der Waals surface area (Å²) in [6.45, 7) is 15.2. The Hall–Kier alpha value is -5.50. The number of benzene rings is 5. The summed E-state index contributed by atoms with van der Waals surface area (Å²) in [4.78, 5) is 27.6. The molecule has 2 atom stereocenters. The van der Waals surface area contributed by atoms with Gasteiger partial charge >= 0.3 is 0 Å². The molecule has 2 unspecified atom stereocenters. The predicted molar refractivity (Wildman–Crippen MR) is 212 cm³/mol. The number of ether oxygens (including phenoxy) is 2. The Kier molecular flexibility index (Phi) is 10.7. The average Bonchev–Trinajstić information content (AvgIpc) is 3.48. The zero-order valence-electron chi connectivity index (χ0n) is 31.6. The molecule has 2 amide bonds. The molecule has 1 N–H and O–H groups in total. The van der Waals surface area contributed by atoms with E-state index in [9.17, 15) is 9.59 Å². The molecule has 0 bridgehead atoms. The minimum atomic E-state index is -1.19. The van der Waals surface area contributed by atoms with Gasteiger partial charge in [0.2, 0.25) is 6.10 Å². The van der Waals surface area contributed by atoms with Crippen LogP contribution in [0.1, 0.15) is 84.4 Å². The molecular formula is C45H48FN3O4. The molecule has 0 fully saturated rings. The Morgan fingerprint density at radius 3 is 2.21 bits per heavy atom. The lowest BCUT2D eigenvalue weighted by atomic mass is 9.76. The maximum atomic E-state index is 15.1. The first-order valence-electron chi connectivity index (χ1n) is 18.4. The van der Waals surface area contributed by atoms with Gasteiger partial charge in [-0.15, -0.1) is 0 Å². The molecular weight excluding hydrogens is 666 g/mol. The molecule has 6 rings (SSSR count). The van der Waals surface area contributed by atoms with Gasteiger partial charge in [-0.25, -0.2) is 4.39 Å². The van der Waals surface area contributed by atoms with E-state index in [1.54, 1.807) is 48.5 Å². The molecule has 1 aliphatic rings. The highest BCUT2D eigenvalue weighted by atomic mass is 19.1. The van der Waals surface area contributed by atoms with E-state index in [1.807, 2.05) is 49.4 Å². The minimum absolute atomic E-state index is 0.0137. The van der Waals surface area contributed by atoms with Gasteiger partial charge in [-0.3, -0.25) is 9.59 Å². The summed E-state index contributed by atoms with van der Waals surface area (Å²) in [5.41, 5.74) is 3.51. The van der Waals surface area contributed by atoms with Crippen LogP contribution in [0, 0.1) is 5.82 Å². The number of carbonyl (C=O) groups is 2. The van der Waals surface area contributed by atoms with E-state index in [4.69, 9.17) is 9.47 Å². The first-order valence-corrected chi connectivity index (χ1v) is 18.4. The molecule has 0 saturated heterocycles. The summed E-state index contributed by atoms with van der Waals surface area (Å²) < 4.78 is 27.9. The lowest BCUT2D eigenvalue weighted by molar-refractivity contribution is -0.123. The lowest BCUT2D eigenvalue weighted by Gasteiger charge is -2.31. The third-order valence-corrected chi connectivity index (χ3v) is 10.6. The molecule has 0 saturated carbocycles. The smallest absolute Gasteiger partial charge is 0.294 e. The molecule has 5 aromatic carbocycles. The van der Waals surface area contributed by atoms with Crippen molar-refractivity contribution in [2.75, 3.05) is 10.3 Å². The topological polar surface area (TPSA) is 80.2 Å².